The van der Waals surface area contributed by atoms with Crippen molar-refractivity contribution in [2.45, 2.75) is 13.0 Å². The summed E-state index contributed by atoms with van der Waals surface area (Å²) in [6.07, 6.45) is 8.38. The Morgan fingerprint density at radius 3 is 2.42 bits per heavy atom. The van der Waals surface area contributed by atoms with E-state index in [0.717, 1.165) is 13.0 Å². The standard InChI is InChI=1S/C16H15N3/c1-2-4-14(5-3-1)10-16-11-18-13-19(16)12-15-6-8-17-9-7-15/h1-9,11,13H,10,12H2. The lowest BCUT2D eigenvalue weighted by molar-refractivity contribution is 0.752. The molecule has 0 saturated heterocycles. The third kappa shape index (κ3) is 2.88. The van der Waals surface area contributed by atoms with Gasteiger partial charge in [-0.3, -0.25) is 4.98 Å². The average Bonchev–Trinajstić information content (AvgIpc) is 2.88. The first-order chi connectivity index (χ1) is 9.42. The Kier molecular flexibility index (Phi) is 3.36. The largest absolute Gasteiger partial charge is 0.330 e. The van der Waals surface area contributed by atoms with Crippen molar-refractivity contribution in [2.75, 3.05) is 0 Å². The maximum atomic E-state index is 4.26. The summed E-state index contributed by atoms with van der Waals surface area (Å²) in [6, 6.07) is 14.5. The third-order valence-electron chi connectivity index (χ3n) is 3.13. The summed E-state index contributed by atoms with van der Waals surface area (Å²) in [7, 11) is 0. The molecule has 0 radical (unpaired) electrons. The highest BCUT2D eigenvalue weighted by Crippen LogP contribution is 2.11. The highest BCUT2D eigenvalue weighted by molar-refractivity contribution is 5.21. The lowest BCUT2D eigenvalue weighted by Crippen LogP contribution is -2.03. The molecule has 0 saturated carbocycles. The predicted octanol–water partition coefficient (Wildman–Crippen LogP) is 2.92. The average molecular weight is 249 g/mol. The number of hydrogen-bond donors (Lipinski definition) is 0. The van der Waals surface area contributed by atoms with Crippen molar-refractivity contribution < 1.29 is 0 Å². The Hall–Kier alpha value is -2.42. The van der Waals surface area contributed by atoms with Crippen molar-refractivity contribution in [1.82, 2.24) is 14.5 Å². The summed E-state index contributed by atoms with van der Waals surface area (Å²) in [4.78, 5) is 8.30. The molecule has 2 aromatic heterocycles. The van der Waals surface area contributed by atoms with E-state index in [0.29, 0.717) is 0 Å². The van der Waals surface area contributed by atoms with Gasteiger partial charge in [0.1, 0.15) is 0 Å². The van der Waals surface area contributed by atoms with Crippen LogP contribution in [-0.4, -0.2) is 14.5 Å². The lowest BCUT2D eigenvalue weighted by Gasteiger charge is -2.08. The Bertz CT molecular complexity index is 573. The van der Waals surface area contributed by atoms with Gasteiger partial charge in [0.2, 0.25) is 0 Å². The highest BCUT2D eigenvalue weighted by Gasteiger charge is 2.04. The van der Waals surface area contributed by atoms with Gasteiger partial charge in [0.05, 0.1) is 6.33 Å². The first-order valence-corrected chi connectivity index (χ1v) is 6.33. The molecule has 0 aliphatic heterocycles. The normalized spacial score (nSPS) is 10.5. The molecule has 3 rings (SSSR count). The quantitative estimate of drug-likeness (QED) is 0.711. The van der Waals surface area contributed by atoms with Gasteiger partial charge in [0.15, 0.2) is 0 Å². The zero-order valence-electron chi connectivity index (χ0n) is 10.6. The van der Waals surface area contributed by atoms with E-state index in [1.165, 1.54) is 16.8 Å². The molecular formula is C16H15N3. The molecule has 0 N–H and O–H groups in total. The Morgan fingerprint density at radius 1 is 0.842 bits per heavy atom. The van der Waals surface area contributed by atoms with Gasteiger partial charge in [-0.2, -0.15) is 0 Å². The Balaban J connectivity index is 1.79. The minimum absolute atomic E-state index is 0.838. The van der Waals surface area contributed by atoms with Crippen molar-refractivity contribution in [2.24, 2.45) is 0 Å². The van der Waals surface area contributed by atoms with Crippen molar-refractivity contribution in [3.8, 4) is 0 Å². The van der Waals surface area contributed by atoms with Crippen LogP contribution in [0.2, 0.25) is 0 Å². The summed E-state index contributed by atoms with van der Waals surface area (Å²) >= 11 is 0. The second-order valence-corrected chi connectivity index (χ2v) is 4.53. The van der Waals surface area contributed by atoms with Crippen molar-refractivity contribution in [3.05, 3.63) is 84.2 Å². The summed E-state index contributed by atoms with van der Waals surface area (Å²) in [6.45, 7) is 0.838. The van der Waals surface area contributed by atoms with Gasteiger partial charge in [0, 0.05) is 37.3 Å². The van der Waals surface area contributed by atoms with E-state index in [-0.39, 0.29) is 0 Å². The third-order valence-corrected chi connectivity index (χ3v) is 3.13. The zero-order valence-corrected chi connectivity index (χ0v) is 10.6. The van der Waals surface area contributed by atoms with E-state index in [2.05, 4.69) is 38.8 Å². The molecule has 94 valence electrons. The van der Waals surface area contributed by atoms with Crippen LogP contribution in [-0.2, 0) is 13.0 Å². The molecule has 0 atom stereocenters. The molecular weight excluding hydrogens is 234 g/mol. The molecule has 0 amide bonds. The number of imidazole rings is 1. The fraction of sp³-hybridized carbons (Fsp3) is 0.125. The summed E-state index contributed by atoms with van der Waals surface area (Å²) in [5.74, 6) is 0. The van der Waals surface area contributed by atoms with Gasteiger partial charge in [-0.1, -0.05) is 30.3 Å². The number of pyridine rings is 1. The Labute approximate surface area is 112 Å². The van der Waals surface area contributed by atoms with Crippen LogP contribution in [0.5, 0.6) is 0 Å². The molecule has 3 aromatic rings. The minimum Gasteiger partial charge on any atom is -0.330 e. The molecule has 2 heterocycles. The molecule has 0 fully saturated rings. The number of aromatic nitrogens is 3. The van der Waals surface area contributed by atoms with Crippen molar-refractivity contribution >= 4 is 0 Å². The number of hydrogen-bond acceptors (Lipinski definition) is 2. The highest BCUT2D eigenvalue weighted by atomic mass is 15.0. The van der Waals surface area contributed by atoms with E-state index in [1.54, 1.807) is 0 Å². The zero-order chi connectivity index (χ0) is 12.9. The number of benzene rings is 1. The molecule has 0 unspecified atom stereocenters. The van der Waals surface area contributed by atoms with E-state index in [1.807, 2.05) is 43.1 Å². The first kappa shape index (κ1) is 11.7. The molecule has 0 spiro atoms. The van der Waals surface area contributed by atoms with E-state index in [4.69, 9.17) is 0 Å². The summed E-state index contributed by atoms with van der Waals surface area (Å²) < 4.78 is 2.18. The van der Waals surface area contributed by atoms with E-state index < -0.39 is 0 Å². The maximum absolute atomic E-state index is 4.26. The van der Waals surface area contributed by atoms with Gasteiger partial charge < -0.3 is 4.57 Å². The van der Waals surface area contributed by atoms with E-state index in [9.17, 15) is 0 Å². The van der Waals surface area contributed by atoms with Gasteiger partial charge in [-0.05, 0) is 23.3 Å². The van der Waals surface area contributed by atoms with Crippen LogP contribution in [0.25, 0.3) is 0 Å². The van der Waals surface area contributed by atoms with Crippen LogP contribution in [0, 0.1) is 0 Å². The fourth-order valence-electron chi connectivity index (χ4n) is 2.13. The van der Waals surface area contributed by atoms with Crippen LogP contribution in [0.15, 0.2) is 67.4 Å². The van der Waals surface area contributed by atoms with Crippen LogP contribution in [0.4, 0.5) is 0 Å². The molecule has 3 heteroatoms. The van der Waals surface area contributed by atoms with Crippen LogP contribution >= 0.6 is 0 Å². The Morgan fingerprint density at radius 2 is 1.63 bits per heavy atom. The second-order valence-electron chi connectivity index (χ2n) is 4.53. The molecule has 3 nitrogen and oxygen atoms in total. The predicted molar refractivity (Wildman–Crippen MR) is 74.8 cm³/mol. The monoisotopic (exact) mass is 249 g/mol. The second kappa shape index (κ2) is 5.48. The molecule has 1 aromatic carbocycles. The van der Waals surface area contributed by atoms with Crippen LogP contribution < -0.4 is 0 Å². The molecule has 0 aliphatic carbocycles. The van der Waals surface area contributed by atoms with Gasteiger partial charge in [-0.25, -0.2) is 4.98 Å². The molecule has 19 heavy (non-hydrogen) atoms. The fourth-order valence-corrected chi connectivity index (χ4v) is 2.13. The van der Waals surface area contributed by atoms with Crippen molar-refractivity contribution in [1.29, 1.82) is 0 Å². The first-order valence-electron chi connectivity index (χ1n) is 6.33. The smallest absolute Gasteiger partial charge is 0.0951 e. The number of rotatable bonds is 4. The summed E-state index contributed by atoms with van der Waals surface area (Å²) in [5.41, 5.74) is 3.77. The van der Waals surface area contributed by atoms with Gasteiger partial charge >= 0.3 is 0 Å². The summed E-state index contributed by atoms with van der Waals surface area (Å²) in [5, 5.41) is 0. The van der Waals surface area contributed by atoms with Gasteiger partial charge in [-0.15, -0.1) is 0 Å². The topological polar surface area (TPSA) is 30.7 Å². The molecule has 0 aliphatic rings. The van der Waals surface area contributed by atoms with Crippen LogP contribution in [0.1, 0.15) is 16.8 Å². The van der Waals surface area contributed by atoms with Crippen molar-refractivity contribution in [3.63, 3.8) is 0 Å². The maximum Gasteiger partial charge on any atom is 0.0951 e. The number of nitrogens with zero attached hydrogens (tertiary/aromatic N) is 3. The molecule has 0 bridgehead atoms. The minimum atomic E-state index is 0.838. The van der Waals surface area contributed by atoms with E-state index >= 15 is 0 Å². The SMILES string of the molecule is c1ccc(Cc2cncn2Cc2ccncc2)cc1. The van der Waals surface area contributed by atoms with Crippen LogP contribution in [0.3, 0.4) is 0 Å². The van der Waals surface area contributed by atoms with Gasteiger partial charge in [0.25, 0.3) is 0 Å². The lowest BCUT2D eigenvalue weighted by atomic mass is 10.1.